The van der Waals surface area contributed by atoms with Crippen LogP contribution in [0.25, 0.3) is 16.6 Å². The van der Waals surface area contributed by atoms with E-state index in [1.807, 2.05) is 32.0 Å². The fraction of sp³-hybridized carbons (Fsp3) is 0.192. The van der Waals surface area contributed by atoms with Crippen LogP contribution in [0.1, 0.15) is 36.1 Å². The van der Waals surface area contributed by atoms with Gasteiger partial charge in [0.25, 0.3) is 11.5 Å². The van der Waals surface area contributed by atoms with Gasteiger partial charge in [0.15, 0.2) is 0 Å². The first-order valence-corrected chi connectivity index (χ1v) is 11.5. The number of rotatable bonds is 6. The molecule has 0 saturated carbocycles. The second kappa shape index (κ2) is 9.87. The normalized spacial score (nSPS) is 11.9. The SMILES string of the molecule is CCOc1ccccc1-n1c(C(C)N(C)C(=O)c2ccc(Cl)c(Cl)c2)nc2ccccc2c1=O. The Morgan fingerprint density at radius 3 is 2.50 bits per heavy atom. The Bertz CT molecular complexity index is 1430. The van der Waals surface area contributed by atoms with Crippen molar-refractivity contribution in [2.45, 2.75) is 19.9 Å². The van der Waals surface area contributed by atoms with Crippen molar-refractivity contribution in [2.24, 2.45) is 0 Å². The van der Waals surface area contributed by atoms with Gasteiger partial charge in [0.1, 0.15) is 11.6 Å². The molecule has 8 heteroatoms. The fourth-order valence-electron chi connectivity index (χ4n) is 3.76. The minimum absolute atomic E-state index is 0.241. The Kier molecular flexibility index (Phi) is 6.91. The van der Waals surface area contributed by atoms with E-state index >= 15 is 0 Å². The predicted octanol–water partition coefficient (Wildman–Crippen LogP) is 5.92. The van der Waals surface area contributed by atoms with E-state index < -0.39 is 6.04 Å². The molecule has 6 nitrogen and oxygen atoms in total. The molecule has 174 valence electrons. The van der Waals surface area contributed by atoms with Crippen molar-refractivity contribution >= 4 is 40.0 Å². The summed E-state index contributed by atoms with van der Waals surface area (Å²) in [6, 6.07) is 18.6. The number of hydrogen-bond acceptors (Lipinski definition) is 4. The van der Waals surface area contributed by atoms with Crippen LogP contribution in [0.3, 0.4) is 0 Å². The van der Waals surface area contributed by atoms with Gasteiger partial charge in [0.2, 0.25) is 0 Å². The van der Waals surface area contributed by atoms with Gasteiger partial charge in [-0.15, -0.1) is 0 Å². The number of para-hydroxylation sites is 3. The third kappa shape index (κ3) is 4.39. The molecular formula is C26H23Cl2N3O3. The molecule has 0 saturated heterocycles. The zero-order valence-corrected chi connectivity index (χ0v) is 20.5. The van der Waals surface area contributed by atoms with Gasteiger partial charge >= 0.3 is 0 Å². The lowest BCUT2D eigenvalue weighted by Gasteiger charge is -2.27. The summed E-state index contributed by atoms with van der Waals surface area (Å²) in [6.07, 6.45) is 0. The maximum Gasteiger partial charge on any atom is 0.266 e. The number of benzene rings is 3. The van der Waals surface area contributed by atoms with E-state index in [9.17, 15) is 9.59 Å². The largest absolute Gasteiger partial charge is 0.492 e. The highest BCUT2D eigenvalue weighted by atomic mass is 35.5. The van der Waals surface area contributed by atoms with Crippen LogP contribution in [0.5, 0.6) is 5.75 Å². The molecule has 34 heavy (non-hydrogen) atoms. The first kappa shape index (κ1) is 23.8. The van der Waals surface area contributed by atoms with E-state index in [4.69, 9.17) is 32.9 Å². The van der Waals surface area contributed by atoms with E-state index in [1.165, 1.54) is 15.5 Å². The molecule has 3 aromatic carbocycles. The first-order valence-electron chi connectivity index (χ1n) is 10.8. The second-order valence-electron chi connectivity index (χ2n) is 7.75. The van der Waals surface area contributed by atoms with Crippen LogP contribution in [-0.2, 0) is 0 Å². The van der Waals surface area contributed by atoms with Crippen molar-refractivity contribution in [3.05, 3.63) is 98.5 Å². The molecule has 1 heterocycles. The van der Waals surface area contributed by atoms with Crippen molar-refractivity contribution in [1.82, 2.24) is 14.5 Å². The van der Waals surface area contributed by atoms with Gasteiger partial charge in [0, 0.05) is 12.6 Å². The van der Waals surface area contributed by atoms with Crippen molar-refractivity contribution < 1.29 is 9.53 Å². The maximum absolute atomic E-state index is 13.7. The highest BCUT2D eigenvalue weighted by Crippen LogP contribution is 2.29. The molecule has 0 radical (unpaired) electrons. The minimum atomic E-state index is -0.561. The number of nitrogens with zero attached hydrogens (tertiary/aromatic N) is 3. The van der Waals surface area contributed by atoms with E-state index in [2.05, 4.69) is 0 Å². The van der Waals surface area contributed by atoms with Crippen molar-refractivity contribution in [3.8, 4) is 11.4 Å². The van der Waals surface area contributed by atoms with Gasteiger partial charge < -0.3 is 9.64 Å². The Hall–Kier alpha value is -3.35. The van der Waals surface area contributed by atoms with Gasteiger partial charge in [-0.1, -0.05) is 47.5 Å². The predicted molar refractivity (Wildman–Crippen MR) is 135 cm³/mol. The van der Waals surface area contributed by atoms with Crippen molar-refractivity contribution in [1.29, 1.82) is 0 Å². The number of aromatic nitrogens is 2. The smallest absolute Gasteiger partial charge is 0.266 e. The second-order valence-corrected chi connectivity index (χ2v) is 8.56. The van der Waals surface area contributed by atoms with E-state index in [1.54, 1.807) is 49.5 Å². The van der Waals surface area contributed by atoms with E-state index in [0.717, 1.165) is 0 Å². The monoisotopic (exact) mass is 495 g/mol. The van der Waals surface area contributed by atoms with Gasteiger partial charge in [-0.25, -0.2) is 4.98 Å². The van der Waals surface area contributed by atoms with Crippen LogP contribution in [0.4, 0.5) is 0 Å². The number of halogens is 2. The lowest BCUT2D eigenvalue weighted by Crippen LogP contribution is -2.35. The van der Waals surface area contributed by atoms with Gasteiger partial charge in [-0.3, -0.25) is 14.2 Å². The molecule has 0 aliphatic rings. The Morgan fingerprint density at radius 2 is 1.76 bits per heavy atom. The number of fused-ring (bicyclic) bond motifs is 1. The summed E-state index contributed by atoms with van der Waals surface area (Å²) < 4.78 is 7.32. The van der Waals surface area contributed by atoms with Crippen LogP contribution in [0, 0.1) is 0 Å². The summed E-state index contributed by atoms with van der Waals surface area (Å²) in [4.78, 5) is 33.3. The molecule has 4 aromatic rings. The molecule has 0 aliphatic heterocycles. The van der Waals surface area contributed by atoms with Crippen LogP contribution < -0.4 is 10.3 Å². The lowest BCUT2D eigenvalue weighted by molar-refractivity contribution is 0.0735. The maximum atomic E-state index is 13.7. The Labute approximate surface area is 207 Å². The van der Waals surface area contributed by atoms with E-state index in [-0.39, 0.29) is 11.5 Å². The Morgan fingerprint density at radius 1 is 1.06 bits per heavy atom. The molecule has 1 amide bonds. The summed E-state index contributed by atoms with van der Waals surface area (Å²) in [7, 11) is 1.66. The number of amides is 1. The van der Waals surface area contributed by atoms with Gasteiger partial charge in [-0.05, 0) is 56.3 Å². The van der Waals surface area contributed by atoms with Crippen LogP contribution in [-0.4, -0.2) is 34.0 Å². The number of carbonyl (C=O) groups excluding carboxylic acids is 1. The summed E-state index contributed by atoms with van der Waals surface area (Å²) >= 11 is 12.1. The molecule has 0 spiro atoms. The lowest BCUT2D eigenvalue weighted by atomic mass is 10.1. The average Bonchev–Trinajstić information content (AvgIpc) is 2.85. The number of ether oxygens (including phenoxy) is 1. The van der Waals surface area contributed by atoms with Crippen LogP contribution >= 0.6 is 23.2 Å². The minimum Gasteiger partial charge on any atom is -0.492 e. The van der Waals surface area contributed by atoms with Gasteiger partial charge in [-0.2, -0.15) is 0 Å². The number of carbonyl (C=O) groups is 1. The summed E-state index contributed by atoms with van der Waals surface area (Å²) in [6.45, 7) is 4.14. The molecule has 1 atom stereocenters. The van der Waals surface area contributed by atoms with Crippen molar-refractivity contribution in [3.63, 3.8) is 0 Å². The first-order chi connectivity index (χ1) is 16.3. The van der Waals surface area contributed by atoms with Crippen LogP contribution in [0.2, 0.25) is 10.0 Å². The zero-order valence-electron chi connectivity index (χ0n) is 19.0. The molecule has 4 rings (SSSR count). The highest BCUT2D eigenvalue weighted by molar-refractivity contribution is 6.42. The quantitative estimate of drug-likeness (QED) is 0.332. The molecular weight excluding hydrogens is 473 g/mol. The van der Waals surface area contributed by atoms with Crippen molar-refractivity contribution in [2.75, 3.05) is 13.7 Å². The topological polar surface area (TPSA) is 64.4 Å². The average molecular weight is 496 g/mol. The summed E-state index contributed by atoms with van der Waals surface area (Å²) in [5.74, 6) is 0.681. The number of hydrogen-bond donors (Lipinski definition) is 0. The molecule has 1 aromatic heterocycles. The summed E-state index contributed by atoms with van der Waals surface area (Å²) in [5.41, 5.74) is 1.25. The summed E-state index contributed by atoms with van der Waals surface area (Å²) in [5, 5.41) is 1.13. The molecule has 0 aliphatic carbocycles. The fourth-order valence-corrected chi connectivity index (χ4v) is 4.06. The Balaban J connectivity index is 1.89. The standard InChI is InChI=1S/C26H23Cl2N3O3/c1-4-34-23-12-8-7-11-22(23)31-24(29-21-10-6-5-9-18(21)26(31)33)16(2)30(3)25(32)17-13-14-19(27)20(28)15-17/h5-16H,4H2,1-3H3. The molecule has 0 bridgehead atoms. The molecule has 1 unspecified atom stereocenters. The molecule has 0 N–H and O–H groups in total. The molecule has 0 fully saturated rings. The van der Waals surface area contributed by atoms with Gasteiger partial charge in [0.05, 0.1) is 39.3 Å². The van der Waals surface area contributed by atoms with Crippen LogP contribution in [0.15, 0.2) is 71.5 Å². The third-order valence-electron chi connectivity index (χ3n) is 5.65. The highest BCUT2D eigenvalue weighted by Gasteiger charge is 2.26. The van der Waals surface area contributed by atoms with E-state index in [0.29, 0.717) is 50.4 Å². The third-order valence-corrected chi connectivity index (χ3v) is 6.39. The zero-order chi connectivity index (χ0) is 24.4.